The van der Waals surface area contributed by atoms with Gasteiger partial charge in [0.25, 0.3) is 0 Å². The van der Waals surface area contributed by atoms with Gasteiger partial charge in [-0.3, -0.25) is 0 Å². The molecule has 0 saturated heterocycles. The molecule has 3 saturated carbocycles. The summed E-state index contributed by atoms with van der Waals surface area (Å²) in [5.41, 5.74) is 3.75. The van der Waals surface area contributed by atoms with Gasteiger partial charge in [-0.15, -0.1) is 0 Å². The fraction of sp³-hybridized carbons (Fsp3) is 0.600. The third-order valence-electron chi connectivity index (χ3n) is 4.25. The Morgan fingerprint density at radius 2 is 1.73 bits per heavy atom. The SMILES string of the molecule is CC(C)Cc1ccc(C23CC(C2)C3)cc1. The highest BCUT2D eigenvalue weighted by Gasteiger charge is 2.57. The summed E-state index contributed by atoms with van der Waals surface area (Å²) in [6.45, 7) is 4.57. The first-order chi connectivity index (χ1) is 7.18. The molecule has 0 unspecified atom stereocenters. The molecule has 3 aliphatic carbocycles. The number of rotatable bonds is 3. The van der Waals surface area contributed by atoms with Gasteiger partial charge in [0.2, 0.25) is 0 Å². The maximum atomic E-state index is 2.38. The fourth-order valence-corrected chi connectivity index (χ4v) is 3.30. The van der Waals surface area contributed by atoms with Gasteiger partial charge in [0.1, 0.15) is 0 Å². The van der Waals surface area contributed by atoms with Crippen LogP contribution in [0.3, 0.4) is 0 Å². The average Bonchev–Trinajstić information content (AvgIpc) is 2.01. The minimum absolute atomic E-state index is 0.640. The van der Waals surface area contributed by atoms with E-state index < -0.39 is 0 Å². The van der Waals surface area contributed by atoms with Gasteiger partial charge in [0, 0.05) is 0 Å². The van der Waals surface area contributed by atoms with E-state index in [0.717, 1.165) is 11.8 Å². The maximum Gasteiger partial charge on any atom is -0.00390 e. The normalized spacial score (nSPS) is 32.3. The summed E-state index contributed by atoms with van der Waals surface area (Å²) in [7, 11) is 0. The molecule has 3 fully saturated rings. The van der Waals surface area contributed by atoms with Crippen molar-refractivity contribution in [3.8, 4) is 0 Å². The Kier molecular flexibility index (Phi) is 1.95. The number of benzene rings is 1. The molecule has 1 aromatic rings. The second kappa shape index (κ2) is 3.10. The first-order valence-electron chi connectivity index (χ1n) is 6.27. The standard InChI is InChI=1S/C15H20/c1-11(2)7-12-3-5-14(6-4-12)15-8-13(9-15)10-15/h3-6,11,13H,7-10H2,1-2H3. The van der Waals surface area contributed by atoms with Crippen molar-refractivity contribution < 1.29 is 0 Å². The molecule has 0 heterocycles. The average molecular weight is 200 g/mol. The zero-order valence-electron chi connectivity index (χ0n) is 9.79. The van der Waals surface area contributed by atoms with Crippen LogP contribution in [0.15, 0.2) is 24.3 Å². The van der Waals surface area contributed by atoms with Crippen LogP contribution in [0.25, 0.3) is 0 Å². The summed E-state index contributed by atoms with van der Waals surface area (Å²) in [6, 6.07) is 9.45. The van der Waals surface area contributed by atoms with E-state index in [2.05, 4.69) is 38.1 Å². The number of hydrogen-bond acceptors (Lipinski definition) is 0. The van der Waals surface area contributed by atoms with Crippen LogP contribution in [-0.2, 0) is 11.8 Å². The van der Waals surface area contributed by atoms with Crippen LogP contribution in [0.1, 0.15) is 44.2 Å². The molecule has 0 nitrogen and oxygen atoms in total. The molecule has 0 spiro atoms. The summed E-state index contributed by atoms with van der Waals surface area (Å²) in [6.07, 6.45) is 5.62. The van der Waals surface area contributed by atoms with E-state index in [1.165, 1.54) is 31.2 Å². The van der Waals surface area contributed by atoms with Crippen LogP contribution in [0.4, 0.5) is 0 Å². The molecular formula is C15H20. The van der Waals surface area contributed by atoms with Crippen molar-refractivity contribution in [1.82, 2.24) is 0 Å². The fourth-order valence-electron chi connectivity index (χ4n) is 3.30. The molecule has 0 atom stereocenters. The minimum Gasteiger partial charge on any atom is -0.0625 e. The van der Waals surface area contributed by atoms with Gasteiger partial charge in [-0.1, -0.05) is 38.1 Å². The monoisotopic (exact) mass is 200 g/mol. The molecule has 4 rings (SSSR count). The summed E-state index contributed by atoms with van der Waals surface area (Å²) < 4.78 is 0. The highest BCUT2D eigenvalue weighted by molar-refractivity contribution is 5.36. The van der Waals surface area contributed by atoms with Crippen LogP contribution in [0, 0.1) is 11.8 Å². The Labute approximate surface area is 92.7 Å². The third-order valence-corrected chi connectivity index (χ3v) is 4.25. The lowest BCUT2D eigenvalue weighted by Gasteiger charge is -2.62. The van der Waals surface area contributed by atoms with Crippen LogP contribution < -0.4 is 0 Å². The van der Waals surface area contributed by atoms with Crippen molar-refractivity contribution >= 4 is 0 Å². The first-order valence-corrected chi connectivity index (χ1v) is 6.27. The van der Waals surface area contributed by atoms with E-state index in [1.54, 1.807) is 5.56 Å². The molecule has 0 N–H and O–H groups in total. The summed E-state index contributed by atoms with van der Waals surface area (Å²) >= 11 is 0. The molecule has 3 aliphatic rings. The van der Waals surface area contributed by atoms with Crippen molar-refractivity contribution in [3.05, 3.63) is 35.4 Å². The molecular weight excluding hydrogens is 180 g/mol. The molecule has 0 amide bonds. The zero-order valence-corrected chi connectivity index (χ0v) is 9.79. The van der Waals surface area contributed by atoms with Crippen molar-refractivity contribution in [3.63, 3.8) is 0 Å². The van der Waals surface area contributed by atoms with Crippen LogP contribution in [-0.4, -0.2) is 0 Å². The van der Waals surface area contributed by atoms with Crippen molar-refractivity contribution in [2.75, 3.05) is 0 Å². The van der Waals surface area contributed by atoms with Gasteiger partial charge in [0.05, 0.1) is 0 Å². The van der Waals surface area contributed by atoms with Gasteiger partial charge >= 0.3 is 0 Å². The van der Waals surface area contributed by atoms with Crippen molar-refractivity contribution in [2.24, 2.45) is 11.8 Å². The summed E-state index contributed by atoms with van der Waals surface area (Å²) in [5, 5.41) is 0. The quantitative estimate of drug-likeness (QED) is 0.693. The van der Waals surface area contributed by atoms with Crippen LogP contribution in [0.2, 0.25) is 0 Å². The lowest BCUT2D eigenvalue weighted by atomic mass is 9.42. The Hall–Kier alpha value is -0.780. The van der Waals surface area contributed by atoms with E-state index in [0.29, 0.717) is 5.41 Å². The Bertz CT molecular complexity index is 341. The van der Waals surface area contributed by atoms with Crippen LogP contribution in [0.5, 0.6) is 0 Å². The predicted octanol–water partition coefficient (Wildman–Crippen LogP) is 3.94. The molecule has 0 radical (unpaired) electrons. The van der Waals surface area contributed by atoms with Gasteiger partial charge in [-0.25, -0.2) is 0 Å². The third kappa shape index (κ3) is 1.42. The first kappa shape index (κ1) is 9.45. The second-order valence-corrected chi connectivity index (χ2v) is 6.05. The van der Waals surface area contributed by atoms with Crippen LogP contribution >= 0.6 is 0 Å². The van der Waals surface area contributed by atoms with E-state index in [-0.39, 0.29) is 0 Å². The smallest absolute Gasteiger partial charge is 0.00390 e. The summed E-state index contributed by atoms with van der Waals surface area (Å²) in [4.78, 5) is 0. The molecule has 80 valence electrons. The van der Waals surface area contributed by atoms with E-state index in [1.807, 2.05) is 0 Å². The highest BCUT2D eigenvalue weighted by atomic mass is 14.6. The molecule has 0 aromatic heterocycles. The van der Waals surface area contributed by atoms with E-state index >= 15 is 0 Å². The predicted molar refractivity (Wildman–Crippen MR) is 64.0 cm³/mol. The van der Waals surface area contributed by atoms with Gasteiger partial charge in [0.15, 0.2) is 0 Å². The van der Waals surface area contributed by atoms with Gasteiger partial charge in [-0.05, 0) is 54.1 Å². The largest absolute Gasteiger partial charge is 0.0625 e. The molecule has 15 heavy (non-hydrogen) atoms. The Balaban J connectivity index is 1.76. The zero-order chi connectivity index (χ0) is 10.5. The lowest BCUT2D eigenvalue weighted by Crippen LogP contribution is -2.55. The van der Waals surface area contributed by atoms with Crippen molar-refractivity contribution in [2.45, 2.75) is 44.9 Å². The molecule has 0 heteroatoms. The lowest BCUT2D eigenvalue weighted by molar-refractivity contribution is -0.0274. The number of hydrogen-bond donors (Lipinski definition) is 0. The second-order valence-electron chi connectivity index (χ2n) is 6.05. The maximum absolute atomic E-state index is 2.38. The van der Waals surface area contributed by atoms with E-state index in [9.17, 15) is 0 Å². The highest BCUT2D eigenvalue weighted by Crippen LogP contribution is 2.65. The van der Waals surface area contributed by atoms with Gasteiger partial charge in [-0.2, -0.15) is 0 Å². The molecule has 2 bridgehead atoms. The van der Waals surface area contributed by atoms with Crippen molar-refractivity contribution in [1.29, 1.82) is 0 Å². The summed E-state index contributed by atoms with van der Waals surface area (Å²) in [5.74, 6) is 1.85. The Morgan fingerprint density at radius 1 is 1.13 bits per heavy atom. The van der Waals surface area contributed by atoms with E-state index in [4.69, 9.17) is 0 Å². The Morgan fingerprint density at radius 3 is 2.13 bits per heavy atom. The molecule has 1 aromatic carbocycles. The van der Waals surface area contributed by atoms with Gasteiger partial charge < -0.3 is 0 Å². The topological polar surface area (TPSA) is 0 Å². The minimum atomic E-state index is 0.640. The molecule has 0 aliphatic heterocycles.